The van der Waals surface area contributed by atoms with Gasteiger partial charge in [-0.1, -0.05) is 39.0 Å². The molecule has 0 spiro atoms. The molecule has 15 heavy (non-hydrogen) atoms. The molecule has 0 saturated heterocycles. The second kappa shape index (κ2) is 5.89. The van der Waals surface area contributed by atoms with E-state index in [1.807, 2.05) is 0 Å². The average Bonchev–Trinajstić information content (AvgIpc) is 2.29. The highest BCUT2D eigenvalue weighted by atomic mass is 14.9. The van der Waals surface area contributed by atoms with E-state index in [2.05, 4.69) is 12.2 Å². The lowest BCUT2D eigenvalue weighted by molar-refractivity contribution is 0.251. The zero-order valence-electron chi connectivity index (χ0n) is 10.3. The predicted molar refractivity (Wildman–Crippen MR) is 66.0 cm³/mol. The number of rotatable bonds is 3. The van der Waals surface area contributed by atoms with Gasteiger partial charge >= 0.3 is 0 Å². The van der Waals surface area contributed by atoms with E-state index in [1.165, 1.54) is 64.3 Å². The van der Waals surface area contributed by atoms with E-state index >= 15 is 0 Å². The summed E-state index contributed by atoms with van der Waals surface area (Å²) in [5.41, 5.74) is 0. The highest BCUT2D eigenvalue weighted by Gasteiger charge is 2.22. The first kappa shape index (κ1) is 11.4. The average molecular weight is 209 g/mol. The van der Waals surface area contributed by atoms with Crippen LogP contribution in [0.5, 0.6) is 0 Å². The summed E-state index contributed by atoms with van der Waals surface area (Å²) in [5.74, 6) is 1.91. The Morgan fingerprint density at radius 1 is 0.867 bits per heavy atom. The smallest absolute Gasteiger partial charge is 0.00928 e. The zero-order valence-corrected chi connectivity index (χ0v) is 10.3. The largest absolute Gasteiger partial charge is 0.313 e. The summed E-state index contributed by atoms with van der Waals surface area (Å²) in [6.07, 6.45) is 13.2. The van der Waals surface area contributed by atoms with Gasteiger partial charge in [-0.3, -0.25) is 0 Å². The summed E-state index contributed by atoms with van der Waals surface area (Å²) < 4.78 is 0. The third-order valence-corrected chi connectivity index (χ3v) is 4.50. The maximum Gasteiger partial charge on any atom is 0.00928 e. The third-order valence-electron chi connectivity index (χ3n) is 4.50. The van der Waals surface area contributed by atoms with Crippen molar-refractivity contribution in [3.8, 4) is 0 Å². The number of hydrogen-bond acceptors (Lipinski definition) is 1. The van der Waals surface area contributed by atoms with E-state index in [4.69, 9.17) is 0 Å². The molecule has 2 aliphatic carbocycles. The summed E-state index contributed by atoms with van der Waals surface area (Å²) in [6.45, 7) is 3.73. The van der Waals surface area contributed by atoms with Gasteiger partial charge < -0.3 is 5.32 Å². The molecule has 2 fully saturated rings. The quantitative estimate of drug-likeness (QED) is 0.746. The Bertz CT molecular complexity index is 172. The molecule has 2 saturated carbocycles. The van der Waals surface area contributed by atoms with Crippen LogP contribution in [0, 0.1) is 11.8 Å². The van der Waals surface area contributed by atoms with Crippen molar-refractivity contribution in [3.05, 3.63) is 0 Å². The molecule has 0 heterocycles. The molecule has 0 aromatic heterocycles. The van der Waals surface area contributed by atoms with E-state index < -0.39 is 0 Å². The van der Waals surface area contributed by atoms with Crippen molar-refractivity contribution in [3.63, 3.8) is 0 Å². The highest BCUT2D eigenvalue weighted by molar-refractivity contribution is 4.79. The van der Waals surface area contributed by atoms with Crippen LogP contribution in [0.4, 0.5) is 0 Å². The second-order valence-corrected chi connectivity index (χ2v) is 5.78. The lowest BCUT2D eigenvalue weighted by Gasteiger charge is -2.32. The Morgan fingerprint density at radius 3 is 2.27 bits per heavy atom. The summed E-state index contributed by atoms with van der Waals surface area (Å²) in [5, 5.41) is 3.84. The maximum absolute atomic E-state index is 3.84. The fourth-order valence-corrected chi connectivity index (χ4v) is 3.33. The summed E-state index contributed by atoms with van der Waals surface area (Å²) >= 11 is 0. The summed E-state index contributed by atoms with van der Waals surface area (Å²) in [6, 6.07) is 0.834. The van der Waals surface area contributed by atoms with Crippen LogP contribution in [0.2, 0.25) is 0 Å². The van der Waals surface area contributed by atoms with Gasteiger partial charge in [-0.05, 0) is 44.1 Å². The van der Waals surface area contributed by atoms with Gasteiger partial charge in [0.25, 0.3) is 0 Å². The highest BCUT2D eigenvalue weighted by Crippen LogP contribution is 2.26. The molecule has 1 N–H and O–H groups in total. The fourth-order valence-electron chi connectivity index (χ4n) is 3.33. The molecule has 0 aromatic rings. The van der Waals surface area contributed by atoms with Crippen LogP contribution in [0.3, 0.4) is 0 Å². The minimum atomic E-state index is 0.834. The van der Waals surface area contributed by atoms with Crippen LogP contribution in [-0.4, -0.2) is 12.6 Å². The van der Waals surface area contributed by atoms with Crippen molar-refractivity contribution in [1.29, 1.82) is 0 Å². The Balaban J connectivity index is 1.67. The fraction of sp³-hybridized carbons (Fsp3) is 1.00. The minimum absolute atomic E-state index is 0.834. The first-order chi connectivity index (χ1) is 7.36. The molecule has 1 heteroatoms. The first-order valence-electron chi connectivity index (χ1n) is 7.09. The van der Waals surface area contributed by atoms with Gasteiger partial charge in [0.1, 0.15) is 0 Å². The van der Waals surface area contributed by atoms with Gasteiger partial charge in [-0.2, -0.15) is 0 Å². The Hall–Kier alpha value is -0.0400. The summed E-state index contributed by atoms with van der Waals surface area (Å²) in [4.78, 5) is 0. The number of hydrogen-bond donors (Lipinski definition) is 1. The molecule has 2 rings (SSSR count). The van der Waals surface area contributed by atoms with Gasteiger partial charge in [0.05, 0.1) is 0 Å². The van der Waals surface area contributed by atoms with Gasteiger partial charge in [-0.15, -0.1) is 0 Å². The topological polar surface area (TPSA) is 12.0 Å². The van der Waals surface area contributed by atoms with Crippen LogP contribution in [0.25, 0.3) is 0 Å². The van der Waals surface area contributed by atoms with Gasteiger partial charge in [0.2, 0.25) is 0 Å². The van der Waals surface area contributed by atoms with Crippen LogP contribution in [0.1, 0.15) is 64.7 Å². The van der Waals surface area contributed by atoms with Crippen molar-refractivity contribution in [1.82, 2.24) is 5.32 Å². The maximum atomic E-state index is 3.84. The molecule has 2 aliphatic rings. The van der Waals surface area contributed by atoms with Gasteiger partial charge in [0.15, 0.2) is 0 Å². The third kappa shape index (κ3) is 3.48. The van der Waals surface area contributed by atoms with E-state index in [0.29, 0.717) is 0 Å². The lowest BCUT2D eigenvalue weighted by Crippen LogP contribution is -2.40. The second-order valence-electron chi connectivity index (χ2n) is 5.78. The van der Waals surface area contributed by atoms with E-state index in [1.54, 1.807) is 0 Å². The monoisotopic (exact) mass is 209 g/mol. The SMILES string of the molecule is CC1CCCCC1NCC1CCCCC1. The van der Waals surface area contributed by atoms with Gasteiger partial charge in [0, 0.05) is 6.04 Å². The first-order valence-corrected chi connectivity index (χ1v) is 7.09. The standard InChI is InChI=1S/C14H27N/c1-12-7-5-6-10-14(12)15-11-13-8-3-2-4-9-13/h12-15H,2-11H2,1H3. The van der Waals surface area contributed by atoms with Crippen molar-refractivity contribution in [2.75, 3.05) is 6.54 Å². The summed E-state index contributed by atoms with van der Waals surface area (Å²) in [7, 11) is 0. The van der Waals surface area contributed by atoms with Crippen LogP contribution >= 0.6 is 0 Å². The molecule has 0 aromatic carbocycles. The number of nitrogens with one attached hydrogen (secondary N) is 1. The Morgan fingerprint density at radius 2 is 1.53 bits per heavy atom. The molecule has 0 aliphatic heterocycles. The Kier molecular flexibility index (Phi) is 4.49. The van der Waals surface area contributed by atoms with Crippen LogP contribution in [0.15, 0.2) is 0 Å². The van der Waals surface area contributed by atoms with Crippen molar-refractivity contribution < 1.29 is 0 Å². The molecule has 0 radical (unpaired) electrons. The van der Waals surface area contributed by atoms with E-state index in [-0.39, 0.29) is 0 Å². The van der Waals surface area contributed by atoms with Crippen LogP contribution in [-0.2, 0) is 0 Å². The molecule has 0 amide bonds. The van der Waals surface area contributed by atoms with Crippen molar-refractivity contribution in [2.45, 2.75) is 70.8 Å². The molecule has 0 bridgehead atoms. The predicted octanol–water partition coefficient (Wildman–Crippen LogP) is 3.74. The molecule has 2 atom stereocenters. The molecule has 1 nitrogen and oxygen atoms in total. The molecule has 2 unspecified atom stereocenters. The molecular weight excluding hydrogens is 182 g/mol. The van der Waals surface area contributed by atoms with Crippen molar-refractivity contribution >= 4 is 0 Å². The molecule has 88 valence electrons. The zero-order chi connectivity index (χ0) is 10.5. The molecular formula is C14H27N. The van der Waals surface area contributed by atoms with Gasteiger partial charge in [-0.25, -0.2) is 0 Å². The normalized spacial score (nSPS) is 34.2. The minimum Gasteiger partial charge on any atom is -0.313 e. The van der Waals surface area contributed by atoms with E-state index in [0.717, 1.165) is 17.9 Å². The van der Waals surface area contributed by atoms with E-state index in [9.17, 15) is 0 Å². The van der Waals surface area contributed by atoms with Crippen molar-refractivity contribution in [2.24, 2.45) is 11.8 Å². The Labute approximate surface area is 95.0 Å². The lowest BCUT2D eigenvalue weighted by atomic mass is 9.84. The van der Waals surface area contributed by atoms with Crippen LogP contribution < -0.4 is 5.32 Å².